The van der Waals surface area contributed by atoms with Crippen LogP contribution in [-0.2, 0) is 15.9 Å². The van der Waals surface area contributed by atoms with E-state index in [-0.39, 0.29) is 6.10 Å². The highest BCUT2D eigenvalue weighted by atomic mass is 32.1. The van der Waals surface area contributed by atoms with Gasteiger partial charge in [-0.1, -0.05) is 12.8 Å². The molecular formula is C26H34N2O3S. The van der Waals surface area contributed by atoms with Gasteiger partial charge in [-0.15, -0.1) is 17.8 Å². The molecule has 32 heavy (non-hydrogen) atoms. The lowest BCUT2D eigenvalue weighted by atomic mass is 9.77. The van der Waals surface area contributed by atoms with E-state index in [9.17, 15) is 0 Å². The van der Waals surface area contributed by atoms with Crippen LogP contribution in [0.5, 0.6) is 5.75 Å². The summed E-state index contributed by atoms with van der Waals surface area (Å²) in [6.45, 7) is 7.26. The van der Waals surface area contributed by atoms with Crippen molar-refractivity contribution in [3.8, 4) is 18.1 Å². The van der Waals surface area contributed by atoms with Gasteiger partial charge in [-0.05, 0) is 56.6 Å². The Morgan fingerprint density at radius 1 is 1.28 bits per heavy atom. The van der Waals surface area contributed by atoms with Crippen molar-refractivity contribution >= 4 is 21.6 Å². The monoisotopic (exact) mass is 454 g/mol. The molecule has 6 heteroatoms. The molecule has 0 aromatic carbocycles. The van der Waals surface area contributed by atoms with Crippen LogP contribution in [0, 0.1) is 12.3 Å². The lowest BCUT2D eigenvalue weighted by Crippen LogP contribution is -2.55. The number of aryl methyl sites for hydroxylation is 1. The number of fused-ring (bicyclic) bond motifs is 3. The molecule has 5 rings (SSSR count). The first kappa shape index (κ1) is 22.2. The van der Waals surface area contributed by atoms with Crippen LogP contribution in [-0.4, -0.2) is 61.0 Å². The first-order valence-electron chi connectivity index (χ1n) is 12.1. The van der Waals surface area contributed by atoms with E-state index in [0.29, 0.717) is 24.7 Å². The van der Waals surface area contributed by atoms with Crippen molar-refractivity contribution in [3.05, 3.63) is 22.7 Å². The van der Waals surface area contributed by atoms with E-state index in [1.165, 1.54) is 35.1 Å². The second-order valence-corrected chi connectivity index (χ2v) is 10.5. The summed E-state index contributed by atoms with van der Waals surface area (Å²) in [5.74, 6) is 3.98. The molecule has 0 amide bonds. The van der Waals surface area contributed by atoms with Gasteiger partial charge in [0.1, 0.15) is 17.2 Å². The van der Waals surface area contributed by atoms with Crippen LogP contribution >= 0.6 is 11.3 Å². The number of terminal acetylenes is 1. The van der Waals surface area contributed by atoms with Crippen molar-refractivity contribution in [2.24, 2.45) is 0 Å². The summed E-state index contributed by atoms with van der Waals surface area (Å²) in [6.07, 6.45) is 15.6. The molecule has 2 aliphatic carbocycles. The van der Waals surface area contributed by atoms with Crippen LogP contribution < -0.4 is 4.74 Å². The highest BCUT2D eigenvalue weighted by molar-refractivity contribution is 7.19. The normalized spacial score (nSPS) is 28.5. The van der Waals surface area contributed by atoms with Crippen molar-refractivity contribution < 1.29 is 14.2 Å². The zero-order chi connectivity index (χ0) is 22.0. The molecule has 2 aromatic heterocycles. The Morgan fingerprint density at radius 3 is 2.84 bits per heavy atom. The number of hydrogen-bond acceptors (Lipinski definition) is 6. The first-order valence-corrected chi connectivity index (χ1v) is 13.0. The quantitative estimate of drug-likeness (QED) is 0.445. The van der Waals surface area contributed by atoms with Crippen molar-refractivity contribution in [1.82, 2.24) is 9.88 Å². The smallest absolute Gasteiger partial charge is 0.131 e. The molecule has 0 N–H and O–H groups in total. The average molecular weight is 455 g/mol. The predicted octanol–water partition coefficient (Wildman–Crippen LogP) is 4.78. The molecule has 172 valence electrons. The molecule has 3 aliphatic rings. The second kappa shape index (κ2) is 9.69. The van der Waals surface area contributed by atoms with E-state index in [1.54, 1.807) is 0 Å². The van der Waals surface area contributed by atoms with Gasteiger partial charge in [0, 0.05) is 35.6 Å². The Bertz CT molecular complexity index is 967. The number of pyridine rings is 1. The number of morpholine rings is 1. The van der Waals surface area contributed by atoms with Crippen LogP contribution in [0.25, 0.3) is 10.2 Å². The van der Waals surface area contributed by atoms with Crippen molar-refractivity contribution in [3.63, 3.8) is 0 Å². The summed E-state index contributed by atoms with van der Waals surface area (Å²) in [4.78, 5) is 9.90. The third kappa shape index (κ3) is 4.17. The highest BCUT2D eigenvalue weighted by Crippen LogP contribution is 2.47. The minimum Gasteiger partial charge on any atom is -0.490 e. The lowest BCUT2D eigenvalue weighted by molar-refractivity contribution is -0.0510. The van der Waals surface area contributed by atoms with Crippen molar-refractivity contribution in [2.75, 3.05) is 39.5 Å². The molecule has 5 nitrogen and oxygen atoms in total. The van der Waals surface area contributed by atoms with Gasteiger partial charge >= 0.3 is 0 Å². The van der Waals surface area contributed by atoms with Gasteiger partial charge in [0.25, 0.3) is 0 Å². The number of aromatic nitrogens is 1. The van der Waals surface area contributed by atoms with Crippen molar-refractivity contribution in [1.29, 1.82) is 0 Å². The van der Waals surface area contributed by atoms with E-state index in [2.05, 4.69) is 28.8 Å². The third-order valence-electron chi connectivity index (χ3n) is 7.80. The van der Waals surface area contributed by atoms with Crippen LogP contribution in [0.2, 0.25) is 0 Å². The van der Waals surface area contributed by atoms with Crippen LogP contribution in [0.15, 0.2) is 12.3 Å². The predicted molar refractivity (Wildman–Crippen MR) is 129 cm³/mol. The molecule has 3 heterocycles. The van der Waals surface area contributed by atoms with Gasteiger partial charge in [0.15, 0.2) is 0 Å². The Labute approximate surface area is 195 Å². The molecule has 0 spiro atoms. The van der Waals surface area contributed by atoms with Gasteiger partial charge in [0.05, 0.1) is 31.3 Å². The molecule has 0 radical (unpaired) electrons. The molecule has 1 saturated heterocycles. The molecule has 2 fully saturated rings. The summed E-state index contributed by atoms with van der Waals surface area (Å²) >= 11 is 1.82. The summed E-state index contributed by atoms with van der Waals surface area (Å²) in [5.41, 5.74) is 1.72. The largest absolute Gasteiger partial charge is 0.490 e. The van der Waals surface area contributed by atoms with Crippen LogP contribution in [0.3, 0.4) is 0 Å². The van der Waals surface area contributed by atoms with Gasteiger partial charge in [0.2, 0.25) is 0 Å². The molecule has 1 saturated carbocycles. The van der Waals surface area contributed by atoms with Gasteiger partial charge < -0.3 is 14.2 Å². The maximum Gasteiger partial charge on any atom is 0.131 e. The standard InChI is InChI=1S/C26H34N2O3S/c1-3-15-30-18-19-5-6-22-23(19)24-21(9-12-27-25(24)32-22)31-20-7-10-26(4-2,11-8-20)28-13-16-29-17-14-28/h1,9,12,19-20H,4-8,10-11,13-18H2,2H3/t19-,20?,26?/m1/s1. The number of hydrogen-bond donors (Lipinski definition) is 0. The van der Waals surface area contributed by atoms with E-state index < -0.39 is 0 Å². The fraction of sp³-hybridized carbons (Fsp3) is 0.654. The molecule has 0 unspecified atom stereocenters. The second-order valence-electron chi connectivity index (χ2n) is 9.38. The maximum absolute atomic E-state index is 6.70. The zero-order valence-corrected chi connectivity index (χ0v) is 19.9. The molecule has 0 bridgehead atoms. The lowest BCUT2D eigenvalue weighted by Gasteiger charge is -2.49. The van der Waals surface area contributed by atoms with Crippen LogP contribution in [0.1, 0.15) is 61.8 Å². The summed E-state index contributed by atoms with van der Waals surface area (Å²) in [7, 11) is 0. The van der Waals surface area contributed by atoms with E-state index in [0.717, 1.165) is 62.6 Å². The third-order valence-corrected chi connectivity index (χ3v) is 8.97. The summed E-state index contributed by atoms with van der Waals surface area (Å²) in [5, 5.41) is 1.22. The Morgan fingerprint density at radius 2 is 2.09 bits per heavy atom. The van der Waals surface area contributed by atoms with Crippen LogP contribution in [0.4, 0.5) is 0 Å². The first-order chi connectivity index (χ1) is 15.7. The average Bonchev–Trinajstić information content (AvgIpc) is 3.40. The highest BCUT2D eigenvalue weighted by Gasteiger charge is 2.40. The zero-order valence-electron chi connectivity index (χ0n) is 19.1. The SMILES string of the molecule is C#CCOC[C@H]1CCc2sc3nccc(OC4CCC(CC)(N5CCOCC5)CC4)c3c21. The fourth-order valence-electron chi connectivity index (χ4n) is 6.01. The maximum atomic E-state index is 6.70. The number of rotatable bonds is 7. The van der Waals surface area contributed by atoms with Gasteiger partial charge in [-0.25, -0.2) is 4.98 Å². The Hall–Kier alpha value is -1.65. The summed E-state index contributed by atoms with van der Waals surface area (Å²) < 4.78 is 18.0. The van der Waals surface area contributed by atoms with Gasteiger partial charge in [-0.2, -0.15) is 0 Å². The number of thiophene rings is 1. The number of nitrogens with zero attached hydrogens (tertiary/aromatic N) is 2. The Kier molecular flexibility index (Phi) is 6.71. The molecule has 1 aliphatic heterocycles. The summed E-state index contributed by atoms with van der Waals surface area (Å²) in [6, 6.07) is 2.07. The molecular weight excluding hydrogens is 420 g/mol. The minimum absolute atomic E-state index is 0.273. The van der Waals surface area contributed by atoms with E-state index in [1.807, 2.05) is 17.5 Å². The number of ether oxygens (including phenoxy) is 3. The van der Waals surface area contributed by atoms with E-state index >= 15 is 0 Å². The van der Waals surface area contributed by atoms with Gasteiger partial charge in [-0.3, -0.25) is 4.90 Å². The van der Waals surface area contributed by atoms with E-state index in [4.69, 9.17) is 20.6 Å². The fourth-order valence-corrected chi connectivity index (χ4v) is 7.27. The topological polar surface area (TPSA) is 43.8 Å². The van der Waals surface area contributed by atoms with Crippen molar-refractivity contribution in [2.45, 2.75) is 69.4 Å². The Balaban J connectivity index is 1.32. The molecule has 1 atom stereocenters. The minimum atomic E-state index is 0.273. The molecule has 2 aromatic rings.